The second-order valence-electron chi connectivity index (χ2n) is 3.37. The fraction of sp³-hybridized carbons (Fsp3) is 0. The van der Waals surface area contributed by atoms with Crippen LogP contribution in [0.4, 0.5) is 4.79 Å². The molecule has 1 amide bonds. The fourth-order valence-corrected chi connectivity index (χ4v) is 2.30. The molecule has 0 aromatic heterocycles. The number of rotatable bonds is 2. The van der Waals surface area contributed by atoms with Gasteiger partial charge in [-0.15, -0.1) is 0 Å². The molecule has 0 unspecified atom stereocenters. The Kier molecular flexibility index (Phi) is 2.72. The third-order valence-corrected chi connectivity index (χ3v) is 3.42. The number of fused-ring (bicyclic) bond motifs is 1. The lowest BCUT2D eigenvalue weighted by molar-refractivity contribution is 0.212. The molecule has 0 aliphatic rings. The highest BCUT2D eigenvalue weighted by Crippen LogP contribution is 2.20. The molecule has 88 valence electrons. The van der Waals surface area contributed by atoms with Crippen LogP contribution in [0.2, 0.25) is 0 Å². The number of carbonyl (C=O) groups is 1. The van der Waals surface area contributed by atoms with E-state index in [0.29, 0.717) is 0 Å². The van der Waals surface area contributed by atoms with Crippen LogP contribution in [-0.4, -0.2) is 14.5 Å². The van der Waals surface area contributed by atoms with Gasteiger partial charge in [0.1, 0.15) is 4.90 Å². The number of nitrogens with two attached hydrogens (primary N) is 1. The molecule has 2 aromatic rings. The minimum absolute atomic E-state index is 0.102. The Morgan fingerprint density at radius 3 is 2.35 bits per heavy atom. The number of benzene rings is 2. The van der Waals surface area contributed by atoms with E-state index in [2.05, 4.69) is 9.92 Å². The van der Waals surface area contributed by atoms with E-state index < -0.39 is 16.2 Å². The van der Waals surface area contributed by atoms with Gasteiger partial charge in [0.25, 0.3) is 0 Å². The maximum Gasteiger partial charge on any atom is 0.420 e. The van der Waals surface area contributed by atoms with Crippen LogP contribution in [0, 0.1) is 0 Å². The van der Waals surface area contributed by atoms with Gasteiger partial charge in [-0.1, -0.05) is 30.3 Å². The Balaban J connectivity index is 2.53. The van der Waals surface area contributed by atoms with Crippen molar-refractivity contribution >= 4 is 27.0 Å². The summed E-state index contributed by atoms with van der Waals surface area (Å²) in [5.74, 6) is 0. The van der Waals surface area contributed by atoms with Crippen molar-refractivity contribution in [3.63, 3.8) is 0 Å². The zero-order valence-corrected chi connectivity index (χ0v) is 9.48. The maximum atomic E-state index is 11.6. The van der Waals surface area contributed by atoms with Crippen LogP contribution in [0.3, 0.4) is 0 Å². The molecule has 0 bridgehead atoms. The summed E-state index contributed by atoms with van der Waals surface area (Å²) in [6.45, 7) is 0. The molecule has 0 aliphatic carbocycles. The van der Waals surface area contributed by atoms with Crippen LogP contribution >= 0.6 is 0 Å². The average molecular weight is 251 g/mol. The number of primary amides is 1. The molecule has 0 radical (unpaired) electrons. The standard InChI is InChI=1S/C11H9NO4S/c12-11(13)16-17(14,15)10-6-5-8-3-1-2-4-9(8)7-10/h1-7H,(H2,12,13). The van der Waals surface area contributed by atoms with Crippen LogP contribution in [0.5, 0.6) is 0 Å². The van der Waals surface area contributed by atoms with Gasteiger partial charge in [0, 0.05) is 0 Å². The molecule has 0 saturated heterocycles. The zero-order valence-electron chi connectivity index (χ0n) is 8.66. The van der Waals surface area contributed by atoms with Gasteiger partial charge in [0.2, 0.25) is 0 Å². The monoisotopic (exact) mass is 251 g/mol. The minimum Gasteiger partial charge on any atom is -0.334 e. The van der Waals surface area contributed by atoms with Crippen molar-refractivity contribution in [1.82, 2.24) is 0 Å². The predicted octanol–water partition coefficient (Wildman–Crippen LogP) is 1.62. The van der Waals surface area contributed by atoms with E-state index in [-0.39, 0.29) is 4.90 Å². The van der Waals surface area contributed by atoms with Gasteiger partial charge in [0.15, 0.2) is 0 Å². The first-order valence-electron chi connectivity index (χ1n) is 4.72. The van der Waals surface area contributed by atoms with Crippen molar-refractivity contribution in [2.24, 2.45) is 5.73 Å². The lowest BCUT2D eigenvalue weighted by Gasteiger charge is -2.04. The highest BCUT2D eigenvalue weighted by Gasteiger charge is 2.18. The summed E-state index contributed by atoms with van der Waals surface area (Å²) in [6.07, 6.45) is -1.35. The largest absolute Gasteiger partial charge is 0.420 e. The van der Waals surface area contributed by atoms with Crippen LogP contribution in [-0.2, 0) is 14.3 Å². The summed E-state index contributed by atoms with van der Waals surface area (Å²) < 4.78 is 27.2. The molecule has 0 heterocycles. The van der Waals surface area contributed by atoms with Crippen LogP contribution in [0.25, 0.3) is 10.8 Å². The lowest BCUT2D eigenvalue weighted by Crippen LogP contribution is -2.18. The molecule has 2 aromatic carbocycles. The average Bonchev–Trinajstić information content (AvgIpc) is 2.26. The third kappa shape index (κ3) is 2.36. The minimum atomic E-state index is -4.13. The molecule has 2 rings (SSSR count). The first-order valence-corrected chi connectivity index (χ1v) is 6.12. The van der Waals surface area contributed by atoms with Crippen LogP contribution in [0.15, 0.2) is 47.4 Å². The smallest absolute Gasteiger partial charge is 0.334 e. The van der Waals surface area contributed by atoms with Gasteiger partial charge < -0.3 is 9.92 Å². The number of amides is 1. The lowest BCUT2D eigenvalue weighted by atomic mass is 10.1. The molecule has 0 atom stereocenters. The predicted molar refractivity (Wildman–Crippen MR) is 61.8 cm³/mol. The second-order valence-corrected chi connectivity index (χ2v) is 4.91. The van der Waals surface area contributed by atoms with Crippen molar-refractivity contribution in [2.75, 3.05) is 0 Å². The second kappa shape index (κ2) is 4.06. The third-order valence-electron chi connectivity index (χ3n) is 2.20. The van der Waals surface area contributed by atoms with Crippen molar-refractivity contribution < 1.29 is 17.4 Å². The Labute approximate surface area is 97.9 Å². The van der Waals surface area contributed by atoms with E-state index in [1.807, 2.05) is 12.1 Å². The maximum absolute atomic E-state index is 11.6. The van der Waals surface area contributed by atoms with Gasteiger partial charge >= 0.3 is 16.2 Å². The molecule has 0 aliphatic heterocycles. The van der Waals surface area contributed by atoms with E-state index >= 15 is 0 Å². The van der Waals surface area contributed by atoms with Crippen molar-refractivity contribution in [3.05, 3.63) is 42.5 Å². The fourth-order valence-electron chi connectivity index (χ4n) is 1.48. The van der Waals surface area contributed by atoms with Crippen molar-refractivity contribution in [3.8, 4) is 0 Å². The molecule has 0 saturated carbocycles. The molecular weight excluding hydrogens is 242 g/mol. The summed E-state index contributed by atoms with van der Waals surface area (Å²) in [4.78, 5) is 10.4. The van der Waals surface area contributed by atoms with E-state index in [4.69, 9.17) is 0 Å². The summed E-state index contributed by atoms with van der Waals surface area (Å²) in [7, 11) is -4.13. The Morgan fingerprint density at radius 1 is 1.06 bits per heavy atom. The number of carbonyl (C=O) groups excluding carboxylic acids is 1. The summed E-state index contributed by atoms with van der Waals surface area (Å²) in [6, 6.07) is 11.7. The highest BCUT2D eigenvalue weighted by atomic mass is 32.2. The van der Waals surface area contributed by atoms with E-state index in [1.54, 1.807) is 18.2 Å². The Bertz CT molecular complexity index is 679. The van der Waals surface area contributed by atoms with E-state index in [1.165, 1.54) is 12.1 Å². The van der Waals surface area contributed by atoms with Crippen LogP contribution < -0.4 is 5.73 Å². The molecule has 5 nitrogen and oxygen atoms in total. The molecule has 6 heteroatoms. The van der Waals surface area contributed by atoms with Gasteiger partial charge in [-0.25, -0.2) is 4.79 Å². The summed E-state index contributed by atoms with van der Waals surface area (Å²) >= 11 is 0. The first-order chi connectivity index (χ1) is 7.99. The van der Waals surface area contributed by atoms with Crippen molar-refractivity contribution in [2.45, 2.75) is 4.90 Å². The zero-order chi connectivity index (χ0) is 12.5. The van der Waals surface area contributed by atoms with Gasteiger partial charge in [-0.05, 0) is 22.9 Å². The van der Waals surface area contributed by atoms with Crippen LogP contribution in [0.1, 0.15) is 0 Å². The highest BCUT2D eigenvalue weighted by molar-refractivity contribution is 7.87. The summed E-state index contributed by atoms with van der Waals surface area (Å²) in [5, 5.41) is 1.63. The molecule has 0 fully saturated rings. The van der Waals surface area contributed by atoms with Gasteiger partial charge in [-0.3, -0.25) is 0 Å². The van der Waals surface area contributed by atoms with Gasteiger partial charge in [0.05, 0.1) is 0 Å². The molecule has 2 N–H and O–H groups in total. The summed E-state index contributed by atoms with van der Waals surface area (Å²) in [5.41, 5.74) is 4.69. The van der Waals surface area contributed by atoms with Crippen molar-refractivity contribution in [1.29, 1.82) is 0 Å². The van der Waals surface area contributed by atoms with E-state index in [0.717, 1.165) is 10.8 Å². The Morgan fingerprint density at radius 2 is 1.71 bits per heavy atom. The SMILES string of the molecule is NC(=O)OS(=O)(=O)c1ccc2ccccc2c1. The first kappa shape index (κ1) is 11.4. The topological polar surface area (TPSA) is 86.5 Å². The van der Waals surface area contributed by atoms with E-state index in [9.17, 15) is 13.2 Å². The number of hydrogen-bond donors (Lipinski definition) is 1. The molecule has 17 heavy (non-hydrogen) atoms. The molecule has 0 spiro atoms. The normalized spacial score (nSPS) is 11.3. The van der Waals surface area contributed by atoms with Gasteiger partial charge in [-0.2, -0.15) is 8.42 Å². The Hall–Kier alpha value is -2.08. The molecular formula is C11H9NO4S. The number of hydrogen-bond acceptors (Lipinski definition) is 4. The quantitative estimate of drug-likeness (QED) is 0.822.